The fraction of sp³-hybridized carbons (Fsp3) is 0.400. The Morgan fingerprint density at radius 3 is 2.52 bits per heavy atom. The first kappa shape index (κ1) is 16.6. The third-order valence-corrected chi connectivity index (χ3v) is 8.63. The Kier molecular flexibility index (Phi) is 3.67. The van der Waals surface area contributed by atoms with Crippen LogP contribution in [0, 0.1) is 0 Å². The lowest BCUT2D eigenvalue weighted by Crippen LogP contribution is -2.59. The third kappa shape index (κ3) is 2.55. The second-order valence-corrected chi connectivity index (χ2v) is 10.4. The minimum Gasteiger partial charge on any atom is -0.274 e. The normalized spacial score (nSPS) is 19.0. The summed E-state index contributed by atoms with van der Waals surface area (Å²) in [5.41, 5.74) is 1.71. The predicted octanol–water partition coefficient (Wildman–Crippen LogP) is 0.186. The smallest absolute Gasteiger partial charge is 0.246 e. The molecule has 0 amide bonds. The molecule has 4 rings (SSSR count). The number of aryl methyl sites for hydroxylation is 1. The molecule has 3 heterocycles. The molecule has 2 aliphatic heterocycles. The van der Waals surface area contributed by atoms with E-state index >= 15 is 0 Å². The summed E-state index contributed by atoms with van der Waals surface area (Å²) in [6, 6.07) is 7.42. The third-order valence-electron chi connectivity index (χ3n) is 4.71. The van der Waals surface area contributed by atoms with E-state index in [1.165, 1.54) is 25.7 Å². The van der Waals surface area contributed by atoms with Gasteiger partial charge in [0.25, 0.3) is 0 Å². The second-order valence-electron chi connectivity index (χ2n) is 6.29. The number of anilines is 1. The van der Waals surface area contributed by atoms with Crippen molar-refractivity contribution in [2.45, 2.75) is 16.6 Å². The number of nitrogens with zero attached hydrogens (tertiary/aromatic N) is 4. The van der Waals surface area contributed by atoms with Crippen LogP contribution in [0.5, 0.6) is 0 Å². The maximum atomic E-state index is 12.9. The summed E-state index contributed by atoms with van der Waals surface area (Å²) in [5, 5.41) is 3.15. The van der Waals surface area contributed by atoms with Crippen molar-refractivity contribution in [3.8, 4) is 0 Å². The Hall–Kier alpha value is -1.91. The van der Waals surface area contributed by atoms with Crippen LogP contribution in [-0.4, -0.2) is 55.8 Å². The van der Waals surface area contributed by atoms with E-state index in [2.05, 4.69) is 5.10 Å². The van der Waals surface area contributed by atoms with E-state index in [0.717, 1.165) is 5.56 Å². The molecule has 2 aliphatic rings. The zero-order valence-electron chi connectivity index (χ0n) is 13.6. The van der Waals surface area contributed by atoms with E-state index in [1.807, 2.05) is 18.2 Å². The zero-order chi connectivity index (χ0) is 17.8. The zero-order valence-corrected chi connectivity index (χ0v) is 15.2. The molecule has 25 heavy (non-hydrogen) atoms. The molecular formula is C15H18N4O4S2. The topological polar surface area (TPSA) is 92.6 Å². The number of sulfonamides is 2. The van der Waals surface area contributed by atoms with E-state index in [1.54, 1.807) is 13.1 Å². The van der Waals surface area contributed by atoms with Gasteiger partial charge in [0.1, 0.15) is 10.1 Å². The number of para-hydroxylation sites is 1. The lowest BCUT2D eigenvalue weighted by molar-refractivity contribution is 0.309. The Labute approximate surface area is 146 Å². The van der Waals surface area contributed by atoms with Crippen LogP contribution in [-0.2, 0) is 33.5 Å². The van der Waals surface area contributed by atoms with Crippen LogP contribution in [0.25, 0.3) is 0 Å². The lowest BCUT2D eigenvalue weighted by atomic mass is 10.2. The molecule has 0 atom stereocenters. The highest BCUT2D eigenvalue weighted by Gasteiger charge is 2.47. The fourth-order valence-electron chi connectivity index (χ4n) is 3.22. The average molecular weight is 382 g/mol. The molecule has 0 radical (unpaired) electrons. The van der Waals surface area contributed by atoms with Crippen molar-refractivity contribution in [1.29, 1.82) is 0 Å². The van der Waals surface area contributed by atoms with Gasteiger partial charge in [-0.1, -0.05) is 18.2 Å². The molecule has 134 valence electrons. The van der Waals surface area contributed by atoms with Gasteiger partial charge in [-0.2, -0.15) is 9.40 Å². The first-order valence-electron chi connectivity index (χ1n) is 7.88. The van der Waals surface area contributed by atoms with E-state index in [9.17, 15) is 16.8 Å². The van der Waals surface area contributed by atoms with Crippen LogP contribution < -0.4 is 4.31 Å². The number of benzene rings is 1. The maximum absolute atomic E-state index is 12.9. The van der Waals surface area contributed by atoms with Crippen LogP contribution >= 0.6 is 0 Å². The summed E-state index contributed by atoms with van der Waals surface area (Å²) >= 11 is 0. The van der Waals surface area contributed by atoms with Crippen LogP contribution in [0.1, 0.15) is 5.56 Å². The SMILES string of the molecule is Cn1cc(S(=O)(=O)N2CC(S(=O)(=O)N3CCc4ccccc43)C2)cn1. The Bertz CT molecular complexity index is 1020. The first-order chi connectivity index (χ1) is 11.8. The van der Waals surface area contributed by atoms with Gasteiger partial charge in [0, 0.05) is 32.9 Å². The monoisotopic (exact) mass is 382 g/mol. The van der Waals surface area contributed by atoms with E-state index in [0.29, 0.717) is 18.7 Å². The number of hydrogen-bond acceptors (Lipinski definition) is 5. The molecule has 10 heteroatoms. The van der Waals surface area contributed by atoms with Crippen molar-refractivity contribution in [3.63, 3.8) is 0 Å². The molecule has 2 aromatic rings. The molecule has 8 nitrogen and oxygen atoms in total. The first-order valence-corrected chi connectivity index (χ1v) is 10.8. The van der Waals surface area contributed by atoms with Crippen molar-refractivity contribution in [2.24, 2.45) is 7.05 Å². The number of aromatic nitrogens is 2. The van der Waals surface area contributed by atoms with Crippen molar-refractivity contribution < 1.29 is 16.8 Å². The minimum atomic E-state index is -3.69. The van der Waals surface area contributed by atoms with Crippen molar-refractivity contribution in [3.05, 3.63) is 42.2 Å². The largest absolute Gasteiger partial charge is 0.274 e. The summed E-state index contributed by atoms with van der Waals surface area (Å²) in [4.78, 5) is 0.0809. The van der Waals surface area contributed by atoms with Gasteiger partial charge in [0.2, 0.25) is 20.0 Å². The molecule has 0 saturated carbocycles. The summed E-state index contributed by atoms with van der Waals surface area (Å²) in [6.07, 6.45) is 3.36. The quantitative estimate of drug-likeness (QED) is 0.752. The van der Waals surface area contributed by atoms with Gasteiger partial charge in [-0.25, -0.2) is 16.8 Å². The maximum Gasteiger partial charge on any atom is 0.246 e. The fourth-order valence-corrected chi connectivity index (χ4v) is 6.82. The van der Waals surface area contributed by atoms with Crippen LogP contribution in [0.15, 0.2) is 41.6 Å². The summed E-state index contributed by atoms with van der Waals surface area (Å²) in [5.74, 6) is 0. The highest BCUT2D eigenvalue weighted by molar-refractivity contribution is 7.94. The predicted molar refractivity (Wildman–Crippen MR) is 92.2 cm³/mol. The standard InChI is InChI=1S/C15H18N4O4S2/c1-17-9-13(8-16-17)24(20,21)18-10-14(11-18)25(22,23)19-7-6-12-4-2-3-5-15(12)19/h2-5,8-9,14H,6-7,10-11H2,1H3. The molecule has 0 aliphatic carbocycles. The molecule has 1 aromatic heterocycles. The lowest BCUT2D eigenvalue weighted by Gasteiger charge is -2.39. The van der Waals surface area contributed by atoms with Crippen molar-refractivity contribution in [2.75, 3.05) is 23.9 Å². The molecule has 0 N–H and O–H groups in total. The molecule has 0 unspecified atom stereocenters. The molecule has 1 aromatic carbocycles. The van der Waals surface area contributed by atoms with E-state index < -0.39 is 25.3 Å². The molecule has 0 spiro atoms. The van der Waals surface area contributed by atoms with E-state index in [4.69, 9.17) is 0 Å². The highest BCUT2D eigenvalue weighted by atomic mass is 32.2. The summed E-state index contributed by atoms with van der Waals surface area (Å²) in [7, 11) is -5.64. The average Bonchev–Trinajstić information content (AvgIpc) is 3.11. The van der Waals surface area contributed by atoms with Gasteiger partial charge < -0.3 is 0 Å². The number of fused-ring (bicyclic) bond motifs is 1. The highest BCUT2D eigenvalue weighted by Crippen LogP contribution is 2.34. The Balaban J connectivity index is 1.52. The second kappa shape index (κ2) is 5.55. The Morgan fingerprint density at radius 2 is 1.84 bits per heavy atom. The summed E-state index contributed by atoms with van der Waals surface area (Å²) in [6.45, 7) is 0.351. The van der Waals surface area contributed by atoms with Crippen molar-refractivity contribution in [1.82, 2.24) is 14.1 Å². The Morgan fingerprint density at radius 1 is 1.12 bits per heavy atom. The van der Waals surface area contributed by atoms with Gasteiger partial charge >= 0.3 is 0 Å². The molecule has 1 saturated heterocycles. The van der Waals surface area contributed by atoms with Gasteiger partial charge in [-0.3, -0.25) is 8.99 Å². The van der Waals surface area contributed by atoms with E-state index in [-0.39, 0.29) is 18.0 Å². The van der Waals surface area contributed by atoms with Gasteiger partial charge in [-0.05, 0) is 18.1 Å². The number of rotatable bonds is 4. The van der Waals surface area contributed by atoms with Gasteiger partial charge in [0.15, 0.2) is 0 Å². The van der Waals surface area contributed by atoms with Crippen LogP contribution in [0.3, 0.4) is 0 Å². The van der Waals surface area contributed by atoms with Crippen LogP contribution in [0.2, 0.25) is 0 Å². The molecular weight excluding hydrogens is 364 g/mol. The number of hydrogen-bond donors (Lipinski definition) is 0. The minimum absolute atomic E-state index is 0.0295. The molecule has 1 fully saturated rings. The van der Waals surface area contributed by atoms with Gasteiger partial charge in [0.05, 0.1) is 11.9 Å². The van der Waals surface area contributed by atoms with Crippen molar-refractivity contribution >= 4 is 25.7 Å². The summed E-state index contributed by atoms with van der Waals surface area (Å²) < 4.78 is 54.7. The van der Waals surface area contributed by atoms with Crippen LogP contribution in [0.4, 0.5) is 5.69 Å². The molecule has 0 bridgehead atoms. The van der Waals surface area contributed by atoms with Gasteiger partial charge in [-0.15, -0.1) is 0 Å².